The Morgan fingerprint density at radius 1 is 1.44 bits per heavy atom. The van der Waals surface area contributed by atoms with Crippen LogP contribution in [0.25, 0.3) is 0 Å². The molecule has 2 aliphatic rings. The van der Waals surface area contributed by atoms with Crippen molar-refractivity contribution < 1.29 is 4.74 Å². The van der Waals surface area contributed by atoms with Crippen molar-refractivity contribution >= 4 is 23.0 Å². The van der Waals surface area contributed by atoms with Gasteiger partial charge in [-0.1, -0.05) is 18.5 Å². The molecule has 1 saturated heterocycles. The number of hydrogen-bond donors (Lipinski definition) is 2. The molecule has 0 aromatic heterocycles. The maximum atomic E-state index is 5.99. The highest BCUT2D eigenvalue weighted by atomic mass is 35.5. The van der Waals surface area contributed by atoms with Gasteiger partial charge in [-0.25, -0.2) is 0 Å². The first-order chi connectivity index (χ1) is 7.67. The minimum absolute atomic E-state index is 0.158. The van der Waals surface area contributed by atoms with Crippen LogP contribution in [0.5, 0.6) is 0 Å². The van der Waals surface area contributed by atoms with Crippen LogP contribution in [0.15, 0.2) is 18.2 Å². The van der Waals surface area contributed by atoms with Gasteiger partial charge in [0.1, 0.15) is 0 Å². The summed E-state index contributed by atoms with van der Waals surface area (Å²) in [6.45, 7) is 4.75. The SMILES string of the molecule is CC12CNc3cc(Cl)ccc3NC1COC2. The van der Waals surface area contributed by atoms with Crippen LogP contribution in [-0.2, 0) is 4.74 Å². The molecule has 3 nitrogen and oxygen atoms in total. The van der Waals surface area contributed by atoms with Gasteiger partial charge < -0.3 is 15.4 Å². The third-order valence-corrected chi connectivity index (χ3v) is 3.79. The molecule has 0 radical (unpaired) electrons. The van der Waals surface area contributed by atoms with E-state index in [0.29, 0.717) is 6.04 Å². The van der Waals surface area contributed by atoms with E-state index in [1.165, 1.54) is 0 Å². The van der Waals surface area contributed by atoms with Gasteiger partial charge in [-0.2, -0.15) is 0 Å². The van der Waals surface area contributed by atoms with Crippen LogP contribution in [0.1, 0.15) is 6.92 Å². The highest BCUT2D eigenvalue weighted by Gasteiger charge is 2.41. The van der Waals surface area contributed by atoms with E-state index in [9.17, 15) is 0 Å². The largest absolute Gasteiger partial charge is 0.383 e. The molecule has 0 amide bonds. The molecule has 16 heavy (non-hydrogen) atoms. The van der Waals surface area contributed by atoms with Crippen molar-refractivity contribution in [3.63, 3.8) is 0 Å². The van der Waals surface area contributed by atoms with Crippen molar-refractivity contribution in [1.29, 1.82) is 0 Å². The highest BCUT2D eigenvalue weighted by Crippen LogP contribution is 2.37. The van der Waals surface area contributed by atoms with E-state index < -0.39 is 0 Å². The summed E-state index contributed by atoms with van der Waals surface area (Å²) in [6, 6.07) is 6.28. The van der Waals surface area contributed by atoms with Gasteiger partial charge in [0.2, 0.25) is 0 Å². The topological polar surface area (TPSA) is 33.3 Å². The number of fused-ring (bicyclic) bond motifs is 2. The smallest absolute Gasteiger partial charge is 0.0675 e. The Bertz CT molecular complexity index is 423. The van der Waals surface area contributed by atoms with E-state index in [1.807, 2.05) is 18.2 Å². The Kier molecular flexibility index (Phi) is 2.26. The molecule has 4 heteroatoms. The second kappa shape index (κ2) is 3.54. The third kappa shape index (κ3) is 1.55. The molecule has 86 valence electrons. The van der Waals surface area contributed by atoms with E-state index in [4.69, 9.17) is 16.3 Å². The number of nitrogens with one attached hydrogen (secondary N) is 2. The van der Waals surface area contributed by atoms with Gasteiger partial charge in [-0.3, -0.25) is 0 Å². The fourth-order valence-corrected chi connectivity index (χ4v) is 2.55. The fourth-order valence-electron chi connectivity index (χ4n) is 2.38. The maximum Gasteiger partial charge on any atom is 0.0675 e. The van der Waals surface area contributed by atoms with Crippen molar-refractivity contribution in [2.45, 2.75) is 13.0 Å². The summed E-state index contributed by atoms with van der Waals surface area (Å²) in [5, 5.41) is 7.76. The summed E-state index contributed by atoms with van der Waals surface area (Å²) in [5.74, 6) is 0. The first kappa shape index (κ1) is 10.2. The van der Waals surface area contributed by atoms with E-state index in [-0.39, 0.29) is 5.41 Å². The van der Waals surface area contributed by atoms with Crippen LogP contribution < -0.4 is 10.6 Å². The summed E-state index contributed by atoms with van der Waals surface area (Å²) in [5.41, 5.74) is 2.36. The van der Waals surface area contributed by atoms with Crippen LogP contribution in [0, 0.1) is 5.41 Å². The van der Waals surface area contributed by atoms with Crippen molar-refractivity contribution in [2.24, 2.45) is 5.41 Å². The van der Waals surface area contributed by atoms with Crippen LogP contribution >= 0.6 is 11.6 Å². The zero-order valence-electron chi connectivity index (χ0n) is 9.22. The van der Waals surface area contributed by atoms with E-state index in [2.05, 4.69) is 17.6 Å². The molecule has 2 aliphatic heterocycles. The van der Waals surface area contributed by atoms with Crippen molar-refractivity contribution in [2.75, 3.05) is 30.4 Å². The lowest BCUT2D eigenvalue weighted by Gasteiger charge is -2.27. The first-order valence-electron chi connectivity index (χ1n) is 5.55. The fraction of sp³-hybridized carbons (Fsp3) is 0.500. The lowest BCUT2D eigenvalue weighted by Crippen LogP contribution is -2.40. The second-order valence-corrected chi connectivity index (χ2v) is 5.35. The number of halogens is 1. The van der Waals surface area contributed by atoms with Crippen LogP contribution in [-0.4, -0.2) is 25.8 Å². The van der Waals surface area contributed by atoms with E-state index in [1.54, 1.807) is 0 Å². The molecule has 2 heterocycles. The predicted molar refractivity (Wildman–Crippen MR) is 66.3 cm³/mol. The molecular weight excluding hydrogens is 224 g/mol. The van der Waals surface area contributed by atoms with Gasteiger partial charge in [0, 0.05) is 17.0 Å². The normalized spacial score (nSPS) is 32.0. The highest BCUT2D eigenvalue weighted by molar-refractivity contribution is 6.31. The van der Waals surface area contributed by atoms with Gasteiger partial charge >= 0.3 is 0 Å². The minimum Gasteiger partial charge on any atom is -0.383 e. The summed E-state index contributed by atoms with van der Waals surface area (Å²) in [6.07, 6.45) is 0. The molecule has 2 N–H and O–H groups in total. The lowest BCUT2D eigenvalue weighted by atomic mass is 9.85. The maximum absolute atomic E-state index is 5.99. The van der Waals surface area contributed by atoms with Gasteiger partial charge in [-0.05, 0) is 18.2 Å². The Balaban J connectivity index is 1.97. The average Bonchev–Trinajstić information content (AvgIpc) is 2.55. The van der Waals surface area contributed by atoms with Crippen molar-refractivity contribution in [3.05, 3.63) is 23.2 Å². The third-order valence-electron chi connectivity index (χ3n) is 3.55. The zero-order chi connectivity index (χ0) is 11.2. The minimum atomic E-state index is 0.158. The molecule has 0 saturated carbocycles. The first-order valence-corrected chi connectivity index (χ1v) is 5.93. The Morgan fingerprint density at radius 2 is 2.31 bits per heavy atom. The Hall–Kier alpha value is -0.930. The molecule has 1 aromatic carbocycles. The second-order valence-electron chi connectivity index (χ2n) is 4.91. The quantitative estimate of drug-likeness (QED) is 0.729. The lowest BCUT2D eigenvalue weighted by molar-refractivity contribution is 0.164. The Morgan fingerprint density at radius 3 is 3.19 bits per heavy atom. The van der Waals surface area contributed by atoms with Gasteiger partial charge in [-0.15, -0.1) is 0 Å². The van der Waals surface area contributed by atoms with E-state index >= 15 is 0 Å². The molecule has 0 spiro atoms. The summed E-state index contributed by atoms with van der Waals surface area (Å²) in [4.78, 5) is 0. The number of hydrogen-bond acceptors (Lipinski definition) is 3. The molecule has 2 unspecified atom stereocenters. The standard InChI is InChI=1S/C12H15ClN2O/c1-12-6-14-10-4-8(13)2-3-9(10)15-11(12)5-16-7-12/h2-4,11,14-15H,5-7H2,1H3. The molecule has 1 fully saturated rings. The number of anilines is 2. The molecule has 0 bridgehead atoms. The van der Waals surface area contributed by atoms with Crippen LogP contribution in [0.2, 0.25) is 5.02 Å². The average molecular weight is 239 g/mol. The van der Waals surface area contributed by atoms with Crippen molar-refractivity contribution in [3.8, 4) is 0 Å². The molecule has 2 atom stereocenters. The number of benzene rings is 1. The monoisotopic (exact) mass is 238 g/mol. The summed E-state index contributed by atoms with van der Waals surface area (Å²) in [7, 11) is 0. The number of ether oxygens (including phenoxy) is 1. The van der Waals surface area contributed by atoms with Crippen molar-refractivity contribution in [1.82, 2.24) is 0 Å². The zero-order valence-corrected chi connectivity index (χ0v) is 9.97. The predicted octanol–water partition coefficient (Wildman–Crippen LogP) is 2.58. The van der Waals surface area contributed by atoms with E-state index in [0.717, 1.165) is 36.2 Å². The van der Waals surface area contributed by atoms with Gasteiger partial charge in [0.25, 0.3) is 0 Å². The molecular formula is C12H15ClN2O. The van der Waals surface area contributed by atoms with Crippen LogP contribution in [0.3, 0.4) is 0 Å². The molecule has 0 aliphatic carbocycles. The van der Waals surface area contributed by atoms with Gasteiger partial charge in [0.15, 0.2) is 0 Å². The number of rotatable bonds is 0. The summed E-state index contributed by atoms with van der Waals surface area (Å²) < 4.78 is 5.56. The summed E-state index contributed by atoms with van der Waals surface area (Å²) >= 11 is 5.99. The van der Waals surface area contributed by atoms with Gasteiger partial charge in [0.05, 0.1) is 30.6 Å². The molecule has 3 rings (SSSR count). The van der Waals surface area contributed by atoms with Crippen LogP contribution in [0.4, 0.5) is 11.4 Å². The molecule has 1 aromatic rings. The Labute approximate surface area is 100 Å².